The van der Waals surface area contributed by atoms with Crippen molar-refractivity contribution < 1.29 is 57.1 Å². The molecule has 17 heteroatoms. The van der Waals surface area contributed by atoms with E-state index in [0.717, 1.165) is 0 Å². The van der Waals surface area contributed by atoms with Gasteiger partial charge in [0, 0.05) is 5.56 Å². The molecule has 2 rings (SSSR count). The van der Waals surface area contributed by atoms with E-state index in [1.165, 1.54) is 0 Å². The second-order valence-corrected chi connectivity index (χ2v) is 7.30. The zero-order valence-electron chi connectivity index (χ0n) is 14.5. The molecule has 0 spiro atoms. The lowest BCUT2D eigenvalue weighted by atomic mass is 9.97. The van der Waals surface area contributed by atoms with Gasteiger partial charge in [-0.1, -0.05) is 36.1 Å². The van der Waals surface area contributed by atoms with Crippen LogP contribution in [0.25, 0.3) is 0 Å². The molecule has 0 saturated carbocycles. The molecule has 178 valence electrons. The zero-order chi connectivity index (χ0) is 24.9. The number of allylic oxidation sites excluding steroid dienone is 1. The number of hydrogen-bond acceptors (Lipinski definition) is 3. The van der Waals surface area contributed by atoms with Gasteiger partial charge in [0.2, 0.25) is 5.83 Å². The summed E-state index contributed by atoms with van der Waals surface area (Å²) in [6.07, 6.45) is -24.1. The molecule has 0 aliphatic carbocycles. The normalized spacial score (nSPS) is 19.0. The lowest BCUT2D eigenvalue weighted by molar-refractivity contribution is -0.280. The fourth-order valence-corrected chi connectivity index (χ4v) is 3.76. The number of thioether (sulfide) groups is 1. The lowest BCUT2D eigenvalue weighted by Gasteiger charge is -2.31. The van der Waals surface area contributed by atoms with Gasteiger partial charge in [-0.05, 0) is 12.1 Å². The van der Waals surface area contributed by atoms with Gasteiger partial charge in [0.15, 0.2) is 5.17 Å². The van der Waals surface area contributed by atoms with Gasteiger partial charge in [-0.2, -0.15) is 52.7 Å². The summed E-state index contributed by atoms with van der Waals surface area (Å²) in [6.45, 7) is 0. The number of rotatable bonds is 1. The minimum Gasteiger partial charge on any atom is -0.325 e. The first-order valence-corrected chi connectivity index (χ1v) is 8.81. The van der Waals surface area contributed by atoms with Crippen LogP contribution in [0.3, 0.4) is 0 Å². The first-order chi connectivity index (χ1) is 14.2. The molecule has 0 aromatic heterocycles. The molecule has 1 N–H and O–H groups in total. The van der Waals surface area contributed by atoms with Crippen molar-refractivity contribution in [2.45, 2.75) is 30.2 Å². The topological polar surface area (TPSA) is 24.4 Å². The molecular weight excluding hydrogens is 519 g/mol. The third-order valence-electron chi connectivity index (χ3n) is 3.76. The van der Waals surface area contributed by atoms with E-state index in [0.29, 0.717) is 24.3 Å². The SMILES string of the molecule is F/C(=C1/SC(NC(=S)c2ccc(C(F)(F)F)cc2)=NC1(C(F)(F)F)C(F)(F)F)C(F)(F)F. The van der Waals surface area contributed by atoms with Crippen molar-refractivity contribution in [2.75, 3.05) is 0 Å². The van der Waals surface area contributed by atoms with Crippen LogP contribution in [0.5, 0.6) is 0 Å². The summed E-state index contributed by atoms with van der Waals surface area (Å²) in [5.41, 5.74) is -7.10. The number of amidine groups is 1. The Morgan fingerprint density at radius 3 is 1.69 bits per heavy atom. The number of benzene rings is 1. The van der Waals surface area contributed by atoms with Crippen LogP contribution >= 0.6 is 24.0 Å². The maximum Gasteiger partial charge on any atom is 0.443 e. The molecule has 2 nitrogen and oxygen atoms in total. The minimum absolute atomic E-state index is 0.352. The fourth-order valence-electron chi connectivity index (χ4n) is 2.31. The van der Waals surface area contributed by atoms with Crippen LogP contribution in [0.4, 0.5) is 57.1 Å². The van der Waals surface area contributed by atoms with Gasteiger partial charge in [0.1, 0.15) is 4.99 Å². The van der Waals surface area contributed by atoms with E-state index in [1.54, 1.807) is 5.32 Å². The first-order valence-electron chi connectivity index (χ1n) is 7.59. The summed E-state index contributed by atoms with van der Waals surface area (Å²) in [4.78, 5) is -1.36. The number of alkyl halides is 12. The highest BCUT2D eigenvalue weighted by atomic mass is 32.2. The number of hydrogen-bond donors (Lipinski definition) is 1. The lowest BCUT2D eigenvalue weighted by Crippen LogP contribution is -2.55. The van der Waals surface area contributed by atoms with Crippen LogP contribution < -0.4 is 5.32 Å². The number of nitrogens with one attached hydrogen (secondary N) is 1. The van der Waals surface area contributed by atoms with E-state index in [9.17, 15) is 57.1 Å². The molecule has 0 fully saturated rings. The first kappa shape index (κ1) is 26.2. The Kier molecular flexibility index (Phi) is 6.61. The Morgan fingerprint density at radius 2 is 1.31 bits per heavy atom. The van der Waals surface area contributed by atoms with Gasteiger partial charge in [-0.15, -0.1) is 0 Å². The minimum atomic E-state index is -6.55. The summed E-state index contributed by atoms with van der Waals surface area (Å²) in [6, 6.07) is 2.37. The van der Waals surface area contributed by atoms with Crippen molar-refractivity contribution >= 4 is 34.1 Å². The number of halogens is 13. The Hall–Kier alpha value is -2.04. The predicted molar refractivity (Wildman–Crippen MR) is 90.3 cm³/mol. The molecule has 0 unspecified atom stereocenters. The molecule has 1 aromatic rings. The van der Waals surface area contributed by atoms with Crippen LogP contribution in [0.2, 0.25) is 0 Å². The molecule has 0 bridgehead atoms. The largest absolute Gasteiger partial charge is 0.443 e. The Morgan fingerprint density at radius 1 is 0.844 bits per heavy atom. The third kappa shape index (κ3) is 4.82. The average Bonchev–Trinajstić information content (AvgIpc) is 3.00. The summed E-state index contributed by atoms with van der Waals surface area (Å²) in [7, 11) is 0. The van der Waals surface area contributed by atoms with E-state index in [-0.39, 0.29) is 5.56 Å². The maximum atomic E-state index is 13.7. The van der Waals surface area contributed by atoms with Crippen molar-refractivity contribution in [2.24, 2.45) is 4.99 Å². The molecule has 0 amide bonds. The third-order valence-corrected chi connectivity index (χ3v) is 5.16. The van der Waals surface area contributed by atoms with Crippen molar-refractivity contribution in [1.82, 2.24) is 5.32 Å². The zero-order valence-corrected chi connectivity index (χ0v) is 16.1. The number of nitrogens with zero attached hydrogens (tertiary/aromatic N) is 1. The van der Waals surface area contributed by atoms with E-state index in [4.69, 9.17) is 0 Å². The Balaban J connectivity index is 2.53. The number of thiocarbonyl (C=S) groups is 1. The highest BCUT2D eigenvalue weighted by molar-refractivity contribution is 8.17. The summed E-state index contributed by atoms with van der Waals surface area (Å²) < 4.78 is 169. The van der Waals surface area contributed by atoms with E-state index in [2.05, 4.69) is 17.2 Å². The molecule has 1 heterocycles. The molecule has 1 aliphatic heterocycles. The second-order valence-electron chi connectivity index (χ2n) is 5.90. The van der Waals surface area contributed by atoms with Gasteiger partial charge in [-0.3, -0.25) is 0 Å². The standard InChI is InChI=1S/C15H5F13N2S2/c16-7(13(20,21)22)8-11(14(23,24)25,15(26,27)28)30-10(32-8)29-9(31)5-1-3-6(4-2-5)12(17,18)19/h1-4H,(H,29,30,31)/b8-7+. The van der Waals surface area contributed by atoms with E-state index in [1.807, 2.05) is 0 Å². The molecule has 1 aliphatic rings. The van der Waals surface area contributed by atoms with Crippen molar-refractivity contribution in [3.8, 4) is 0 Å². The smallest absolute Gasteiger partial charge is 0.325 e. The molecule has 0 atom stereocenters. The van der Waals surface area contributed by atoms with Gasteiger partial charge in [0.25, 0.3) is 5.54 Å². The highest BCUT2D eigenvalue weighted by Gasteiger charge is 2.77. The van der Waals surface area contributed by atoms with Gasteiger partial charge in [-0.25, -0.2) is 9.38 Å². The second kappa shape index (κ2) is 8.07. The van der Waals surface area contributed by atoms with Crippen molar-refractivity contribution in [3.63, 3.8) is 0 Å². The van der Waals surface area contributed by atoms with Crippen LogP contribution in [-0.2, 0) is 6.18 Å². The maximum absolute atomic E-state index is 13.7. The van der Waals surface area contributed by atoms with Crippen molar-refractivity contribution in [3.05, 3.63) is 46.1 Å². The summed E-state index contributed by atoms with van der Waals surface area (Å²) in [5, 5.41) is 0.183. The Labute approximate surface area is 178 Å². The quantitative estimate of drug-likeness (QED) is 0.328. The van der Waals surface area contributed by atoms with Gasteiger partial charge < -0.3 is 5.32 Å². The Bertz CT molecular complexity index is 936. The predicted octanol–water partition coefficient (Wildman–Crippen LogP) is 6.68. The highest BCUT2D eigenvalue weighted by Crippen LogP contribution is 2.59. The molecule has 32 heavy (non-hydrogen) atoms. The summed E-state index contributed by atoms with van der Waals surface area (Å²) >= 11 is 3.71. The molecule has 0 radical (unpaired) electrons. The van der Waals surface area contributed by atoms with Crippen LogP contribution in [0, 0.1) is 0 Å². The van der Waals surface area contributed by atoms with Crippen LogP contribution in [-0.4, -0.2) is 34.2 Å². The molecular formula is C15H5F13N2S2. The van der Waals surface area contributed by atoms with E-state index < -0.39 is 68.5 Å². The monoisotopic (exact) mass is 524 g/mol. The molecule has 1 aromatic carbocycles. The number of aliphatic imine (C=N–C) groups is 1. The van der Waals surface area contributed by atoms with E-state index >= 15 is 0 Å². The van der Waals surface area contributed by atoms with Crippen molar-refractivity contribution in [1.29, 1.82) is 0 Å². The van der Waals surface area contributed by atoms with Crippen LogP contribution in [0.15, 0.2) is 40.0 Å². The fraction of sp³-hybridized carbons (Fsp3) is 0.333. The van der Waals surface area contributed by atoms with Gasteiger partial charge >= 0.3 is 24.7 Å². The van der Waals surface area contributed by atoms with Gasteiger partial charge in [0.05, 0.1) is 10.5 Å². The molecule has 0 saturated heterocycles. The summed E-state index contributed by atoms with van der Waals surface area (Å²) in [5.74, 6) is -3.67. The average molecular weight is 524 g/mol. The van der Waals surface area contributed by atoms with Crippen LogP contribution in [0.1, 0.15) is 11.1 Å².